The Morgan fingerprint density at radius 2 is 1.75 bits per heavy atom. The number of rotatable bonds is 3. The standard InChI is InChI=1S/C22H20N4O2/c1-13-7-8-14-17(23-13)9-10-18-19(14)15-5-4-6-16-20(15)26(18)22(28)25(21(16)27)12-11-24(2)3/h4-10H,11-12H2,1-3H3. The van der Waals surface area contributed by atoms with Crippen LogP contribution < -0.4 is 11.2 Å². The van der Waals surface area contributed by atoms with Crippen molar-refractivity contribution in [3.8, 4) is 0 Å². The first-order valence-electron chi connectivity index (χ1n) is 9.32. The van der Waals surface area contributed by atoms with E-state index in [1.54, 1.807) is 10.5 Å². The highest BCUT2D eigenvalue weighted by Gasteiger charge is 2.20. The van der Waals surface area contributed by atoms with Gasteiger partial charge >= 0.3 is 5.69 Å². The molecule has 2 aromatic carbocycles. The van der Waals surface area contributed by atoms with E-state index >= 15 is 0 Å². The predicted octanol–water partition coefficient (Wildman–Crippen LogP) is 2.62. The number of benzene rings is 2. The first-order chi connectivity index (χ1) is 13.5. The largest absolute Gasteiger partial charge is 0.336 e. The van der Waals surface area contributed by atoms with Crippen molar-refractivity contribution in [2.75, 3.05) is 20.6 Å². The Morgan fingerprint density at radius 3 is 2.54 bits per heavy atom. The van der Waals surface area contributed by atoms with Gasteiger partial charge in [0, 0.05) is 34.9 Å². The monoisotopic (exact) mass is 372 g/mol. The van der Waals surface area contributed by atoms with Gasteiger partial charge in [-0.1, -0.05) is 18.2 Å². The van der Waals surface area contributed by atoms with Gasteiger partial charge in [0.2, 0.25) is 0 Å². The van der Waals surface area contributed by atoms with Crippen molar-refractivity contribution in [3.63, 3.8) is 0 Å². The highest BCUT2D eigenvalue weighted by molar-refractivity contribution is 6.22. The van der Waals surface area contributed by atoms with Crippen LogP contribution in [0, 0.1) is 6.92 Å². The molecule has 0 aliphatic carbocycles. The first kappa shape index (κ1) is 16.9. The highest BCUT2D eigenvalue weighted by atomic mass is 16.2. The van der Waals surface area contributed by atoms with E-state index in [4.69, 9.17) is 0 Å². The molecule has 0 spiro atoms. The van der Waals surface area contributed by atoms with Crippen LogP contribution in [0.2, 0.25) is 0 Å². The van der Waals surface area contributed by atoms with Gasteiger partial charge in [-0.25, -0.2) is 4.79 Å². The maximum absolute atomic E-state index is 13.3. The summed E-state index contributed by atoms with van der Waals surface area (Å²) >= 11 is 0. The third kappa shape index (κ3) is 2.21. The maximum Gasteiger partial charge on any atom is 0.336 e. The third-order valence-corrected chi connectivity index (χ3v) is 5.43. The van der Waals surface area contributed by atoms with E-state index in [-0.39, 0.29) is 11.2 Å². The molecule has 28 heavy (non-hydrogen) atoms. The van der Waals surface area contributed by atoms with Gasteiger partial charge in [0.15, 0.2) is 0 Å². The number of likely N-dealkylation sites (N-methyl/N-ethyl adjacent to an activating group) is 1. The molecular weight excluding hydrogens is 352 g/mol. The van der Waals surface area contributed by atoms with Gasteiger partial charge in [-0.05, 0) is 45.3 Å². The normalized spacial score (nSPS) is 12.3. The minimum absolute atomic E-state index is 0.231. The summed E-state index contributed by atoms with van der Waals surface area (Å²) < 4.78 is 3.04. The number of hydrogen-bond donors (Lipinski definition) is 0. The Kier molecular flexibility index (Phi) is 3.54. The molecule has 0 fully saturated rings. The second kappa shape index (κ2) is 5.87. The fraction of sp³-hybridized carbons (Fsp3) is 0.227. The molecule has 0 N–H and O–H groups in total. The second-order valence-corrected chi connectivity index (χ2v) is 7.56. The first-order valence-corrected chi connectivity index (χ1v) is 9.32. The number of para-hydroxylation sites is 1. The third-order valence-electron chi connectivity index (χ3n) is 5.43. The lowest BCUT2D eigenvalue weighted by Crippen LogP contribution is -2.39. The van der Waals surface area contributed by atoms with Crippen LogP contribution in [0.15, 0.2) is 52.1 Å². The Hall–Kier alpha value is -3.25. The lowest BCUT2D eigenvalue weighted by atomic mass is 10.1. The molecule has 3 aromatic heterocycles. The quantitative estimate of drug-likeness (QED) is 0.489. The van der Waals surface area contributed by atoms with E-state index in [1.165, 1.54) is 4.57 Å². The zero-order valence-corrected chi connectivity index (χ0v) is 16.1. The summed E-state index contributed by atoms with van der Waals surface area (Å²) in [6, 6.07) is 13.6. The average Bonchev–Trinajstić information content (AvgIpc) is 3.01. The summed E-state index contributed by atoms with van der Waals surface area (Å²) in [6.45, 7) is 2.94. The van der Waals surface area contributed by atoms with E-state index in [1.807, 2.05) is 62.3 Å². The van der Waals surface area contributed by atoms with Gasteiger partial charge in [-0.3, -0.25) is 18.7 Å². The summed E-state index contributed by atoms with van der Waals surface area (Å²) in [5.41, 5.74) is 2.83. The van der Waals surface area contributed by atoms with Gasteiger partial charge < -0.3 is 4.90 Å². The SMILES string of the molecule is Cc1ccc2c(ccc3c2c2cccc4c(=O)n(CCN(C)C)c(=O)n3c42)n1. The number of aromatic nitrogens is 3. The van der Waals surface area contributed by atoms with E-state index in [0.29, 0.717) is 24.0 Å². The van der Waals surface area contributed by atoms with Gasteiger partial charge in [0.25, 0.3) is 5.56 Å². The lowest BCUT2D eigenvalue weighted by molar-refractivity contribution is 0.376. The summed E-state index contributed by atoms with van der Waals surface area (Å²) in [5, 5.41) is 3.45. The molecule has 0 saturated carbocycles. The van der Waals surface area contributed by atoms with E-state index in [0.717, 1.165) is 32.9 Å². The van der Waals surface area contributed by atoms with Crippen molar-refractivity contribution in [1.29, 1.82) is 0 Å². The number of pyridine rings is 1. The van der Waals surface area contributed by atoms with Gasteiger partial charge in [-0.2, -0.15) is 0 Å². The van der Waals surface area contributed by atoms with Crippen LogP contribution in [0.1, 0.15) is 5.69 Å². The van der Waals surface area contributed by atoms with E-state index < -0.39 is 0 Å². The second-order valence-electron chi connectivity index (χ2n) is 7.56. The number of fused-ring (bicyclic) bond motifs is 5. The Balaban J connectivity index is 2.01. The number of nitrogens with zero attached hydrogens (tertiary/aromatic N) is 4. The fourth-order valence-electron chi connectivity index (χ4n) is 4.09. The molecule has 6 nitrogen and oxygen atoms in total. The van der Waals surface area contributed by atoms with Gasteiger partial charge in [-0.15, -0.1) is 0 Å². The number of aryl methyl sites for hydroxylation is 1. The van der Waals surface area contributed by atoms with Gasteiger partial charge in [0.1, 0.15) is 0 Å². The molecule has 0 unspecified atom stereocenters. The molecule has 0 aliphatic rings. The maximum atomic E-state index is 13.3. The van der Waals surface area contributed by atoms with E-state index in [9.17, 15) is 9.59 Å². The van der Waals surface area contributed by atoms with Crippen molar-refractivity contribution in [3.05, 3.63) is 69.0 Å². The average molecular weight is 372 g/mol. The Bertz CT molecular complexity index is 1490. The molecule has 3 heterocycles. The molecular formula is C22H20N4O2. The number of hydrogen-bond acceptors (Lipinski definition) is 4. The Morgan fingerprint density at radius 1 is 0.964 bits per heavy atom. The van der Waals surface area contributed by atoms with Crippen LogP contribution in [0.5, 0.6) is 0 Å². The predicted molar refractivity (Wildman–Crippen MR) is 113 cm³/mol. The fourth-order valence-corrected chi connectivity index (χ4v) is 4.09. The molecule has 0 amide bonds. The molecule has 140 valence electrons. The molecule has 6 heteroatoms. The molecule has 0 atom stereocenters. The smallest absolute Gasteiger partial charge is 0.308 e. The molecule has 0 bridgehead atoms. The van der Waals surface area contributed by atoms with Gasteiger partial charge in [0.05, 0.1) is 21.9 Å². The molecule has 0 saturated heterocycles. The van der Waals surface area contributed by atoms with Crippen LogP contribution >= 0.6 is 0 Å². The summed E-state index contributed by atoms with van der Waals surface area (Å²) in [5.74, 6) is 0. The Labute approximate surface area is 160 Å². The zero-order valence-electron chi connectivity index (χ0n) is 16.1. The minimum Gasteiger partial charge on any atom is -0.308 e. The van der Waals surface area contributed by atoms with Crippen molar-refractivity contribution in [2.45, 2.75) is 13.5 Å². The van der Waals surface area contributed by atoms with Crippen LogP contribution in [0.25, 0.3) is 38.1 Å². The topological polar surface area (TPSA) is 59.6 Å². The van der Waals surface area contributed by atoms with E-state index in [2.05, 4.69) is 4.98 Å². The van der Waals surface area contributed by atoms with Crippen molar-refractivity contribution < 1.29 is 0 Å². The van der Waals surface area contributed by atoms with Crippen molar-refractivity contribution >= 4 is 38.1 Å². The molecule has 5 aromatic rings. The van der Waals surface area contributed by atoms with Crippen molar-refractivity contribution in [2.24, 2.45) is 0 Å². The van der Waals surface area contributed by atoms with Crippen LogP contribution in [-0.4, -0.2) is 39.5 Å². The van der Waals surface area contributed by atoms with Crippen LogP contribution in [0.3, 0.4) is 0 Å². The molecule has 5 rings (SSSR count). The summed E-state index contributed by atoms with van der Waals surface area (Å²) in [4.78, 5) is 33.0. The molecule has 0 aliphatic heterocycles. The summed E-state index contributed by atoms with van der Waals surface area (Å²) in [6.07, 6.45) is 0. The lowest BCUT2D eigenvalue weighted by Gasteiger charge is -2.12. The zero-order chi connectivity index (χ0) is 19.6. The molecule has 0 radical (unpaired) electrons. The minimum atomic E-state index is -0.287. The summed E-state index contributed by atoms with van der Waals surface area (Å²) in [7, 11) is 3.86. The highest BCUT2D eigenvalue weighted by Crippen LogP contribution is 2.34. The van der Waals surface area contributed by atoms with Crippen LogP contribution in [-0.2, 0) is 6.54 Å². The van der Waals surface area contributed by atoms with Crippen molar-refractivity contribution in [1.82, 2.24) is 18.9 Å². The van der Waals surface area contributed by atoms with Crippen LogP contribution in [0.4, 0.5) is 0 Å².